The first kappa shape index (κ1) is 17.1. The highest BCUT2D eigenvalue weighted by Gasteiger charge is 2.21. The molecular formula is C21H24N4O2. The minimum atomic E-state index is 0.286. The second kappa shape index (κ2) is 6.79. The van der Waals surface area contributed by atoms with Crippen LogP contribution in [0.5, 0.6) is 11.5 Å². The van der Waals surface area contributed by atoms with Gasteiger partial charge in [0, 0.05) is 24.8 Å². The van der Waals surface area contributed by atoms with Gasteiger partial charge in [-0.25, -0.2) is 0 Å². The van der Waals surface area contributed by atoms with Crippen LogP contribution in [0.4, 0.5) is 11.4 Å². The van der Waals surface area contributed by atoms with E-state index in [0.717, 1.165) is 29.2 Å². The summed E-state index contributed by atoms with van der Waals surface area (Å²) in [7, 11) is 0. The maximum atomic E-state index is 10.1. The summed E-state index contributed by atoms with van der Waals surface area (Å²) in [6.07, 6.45) is 8.03. The van der Waals surface area contributed by atoms with Gasteiger partial charge in [-0.1, -0.05) is 12.1 Å². The van der Waals surface area contributed by atoms with Crippen LogP contribution in [0, 0.1) is 13.8 Å². The molecule has 0 saturated carbocycles. The number of aryl methyl sites for hydroxylation is 2. The molecule has 2 aliphatic heterocycles. The van der Waals surface area contributed by atoms with E-state index in [1.54, 1.807) is 12.1 Å². The molecule has 6 nitrogen and oxygen atoms in total. The van der Waals surface area contributed by atoms with Gasteiger partial charge in [0.25, 0.3) is 0 Å². The van der Waals surface area contributed by atoms with Crippen molar-refractivity contribution in [2.75, 3.05) is 29.8 Å². The third-order valence-corrected chi connectivity index (χ3v) is 4.83. The third-order valence-electron chi connectivity index (χ3n) is 4.83. The molecule has 0 aliphatic carbocycles. The number of phenols is 2. The molecule has 140 valence electrons. The van der Waals surface area contributed by atoms with Crippen LogP contribution in [0.2, 0.25) is 0 Å². The van der Waals surface area contributed by atoms with Gasteiger partial charge < -0.3 is 29.8 Å². The average molecular weight is 364 g/mol. The Balaban J connectivity index is 1.38. The number of rotatable bonds is 4. The van der Waals surface area contributed by atoms with E-state index in [-0.39, 0.29) is 11.5 Å². The molecule has 2 aromatic rings. The number of hydrogen-bond donors (Lipinski definition) is 2. The van der Waals surface area contributed by atoms with E-state index < -0.39 is 0 Å². The summed E-state index contributed by atoms with van der Waals surface area (Å²) in [6, 6.07) is 11.2. The molecule has 0 bridgehead atoms. The number of aromatic hydroxyl groups is 2. The summed E-state index contributed by atoms with van der Waals surface area (Å²) in [5.41, 5.74) is 3.87. The second-order valence-electron chi connectivity index (χ2n) is 7.12. The summed E-state index contributed by atoms with van der Waals surface area (Å²) >= 11 is 0. The molecule has 27 heavy (non-hydrogen) atoms. The highest BCUT2D eigenvalue weighted by atomic mass is 16.3. The molecule has 6 heteroatoms. The number of anilines is 2. The predicted octanol–water partition coefficient (Wildman–Crippen LogP) is 3.47. The molecule has 0 radical (unpaired) electrons. The lowest BCUT2D eigenvalue weighted by atomic mass is 10.2. The Morgan fingerprint density at radius 2 is 1.15 bits per heavy atom. The highest BCUT2D eigenvalue weighted by molar-refractivity contribution is 5.62. The molecule has 0 spiro atoms. The van der Waals surface area contributed by atoms with Crippen LogP contribution >= 0.6 is 0 Å². The van der Waals surface area contributed by atoms with Crippen LogP contribution in [0.3, 0.4) is 0 Å². The van der Waals surface area contributed by atoms with E-state index in [0.29, 0.717) is 13.3 Å². The van der Waals surface area contributed by atoms with E-state index in [1.807, 2.05) is 72.7 Å². The first-order valence-electron chi connectivity index (χ1n) is 8.97. The van der Waals surface area contributed by atoms with E-state index in [9.17, 15) is 10.2 Å². The van der Waals surface area contributed by atoms with Crippen molar-refractivity contribution in [1.29, 1.82) is 0 Å². The highest BCUT2D eigenvalue weighted by Crippen LogP contribution is 2.32. The fourth-order valence-electron chi connectivity index (χ4n) is 3.39. The largest absolute Gasteiger partial charge is 0.506 e. The second-order valence-corrected chi connectivity index (χ2v) is 7.12. The zero-order chi connectivity index (χ0) is 19.0. The molecule has 2 aliphatic rings. The minimum Gasteiger partial charge on any atom is -0.506 e. The lowest BCUT2D eigenvalue weighted by Gasteiger charge is -2.28. The van der Waals surface area contributed by atoms with Crippen LogP contribution in [0.25, 0.3) is 0 Å². The van der Waals surface area contributed by atoms with Gasteiger partial charge in [0.1, 0.15) is 11.5 Å². The van der Waals surface area contributed by atoms with Gasteiger partial charge in [-0.15, -0.1) is 0 Å². The molecule has 0 saturated heterocycles. The Morgan fingerprint density at radius 3 is 1.59 bits per heavy atom. The molecular weight excluding hydrogens is 340 g/mol. The molecule has 0 amide bonds. The molecule has 2 aromatic carbocycles. The fourth-order valence-corrected chi connectivity index (χ4v) is 3.39. The summed E-state index contributed by atoms with van der Waals surface area (Å²) in [4.78, 5) is 8.41. The van der Waals surface area contributed by atoms with Crippen molar-refractivity contribution in [2.24, 2.45) is 0 Å². The SMILES string of the molecule is Cc1ccc(O)c(N2C=CN(CN3C=CN(c4cc(C)ccc4O)C3)C2)c1. The Labute approximate surface area is 159 Å². The number of hydrogen-bond acceptors (Lipinski definition) is 6. The smallest absolute Gasteiger partial charge is 0.139 e. The van der Waals surface area contributed by atoms with Crippen molar-refractivity contribution in [3.63, 3.8) is 0 Å². The number of nitrogens with zero attached hydrogens (tertiary/aromatic N) is 4. The van der Waals surface area contributed by atoms with Gasteiger partial charge in [0.2, 0.25) is 0 Å². The van der Waals surface area contributed by atoms with E-state index in [2.05, 4.69) is 9.80 Å². The molecule has 2 heterocycles. The van der Waals surface area contributed by atoms with E-state index in [4.69, 9.17) is 0 Å². The third kappa shape index (κ3) is 3.51. The summed E-state index contributed by atoms with van der Waals surface area (Å²) in [6.45, 7) is 6.11. The molecule has 0 unspecified atom stereocenters. The average Bonchev–Trinajstić information content (AvgIpc) is 3.29. The molecule has 0 atom stereocenters. The summed E-state index contributed by atoms with van der Waals surface area (Å²) < 4.78 is 0. The van der Waals surface area contributed by atoms with Crippen LogP contribution < -0.4 is 9.80 Å². The van der Waals surface area contributed by atoms with Crippen LogP contribution in [0.1, 0.15) is 11.1 Å². The van der Waals surface area contributed by atoms with E-state index >= 15 is 0 Å². The zero-order valence-corrected chi connectivity index (χ0v) is 15.6. The van der Waals surface area contributed by atoms with Crippen molar-refractivity contribution in [3.05, 3.63) is 72.3 Å². The van der Waals surface area contributed by atoms with Crippen LogP contribution in [0.15, 0.2) is 61.2 Å². The maximum absolute atomic E-state index is 10.1. The first-order chi connectivity index (χ1) is 13.0. The van der Waals surface area contributed by atoms with Gasteiger partial charge in [-0.3, -0.25) is 0 Å². The maximum Gasteiger partial charge on any atom is 0.139 e. The van der Waals surface area contributed by atoms with Crippen LogP contribution in [-0.4, -0.2) is 40.0 Å². The summed E-state index contributed by atoms with van der Waals surface area (Å²) in [5, 5.41) is 20.3. The standard InChI is InChI=1S/C21H24N4O2/c1-16-3-5-20(26)18(11-16)24-9-7-22(14-24)13-23-8-10-25(15-23)19-12-17(2)4-6-21(19)27/h3-12,26-27H,13-15H2,1-2H3. The summed E-state index contributed by atoms with van der Waals surface area (Å²) in [5.74, 6) is 0.573. The van der Waals surface area contributed by atoms with Crippen molar-refractivity contribution >= 4 is 11.4 Å². The lowest BCUT2D eigenvalue weighted by molar-refractivity contribution is 0.250. The first-order valence-corrected chi connectivity index (χ1v) is 8.97. The number of benzene rings is 2. The predicted molar refractivity (Wildman–Crippen MR) is 107 cm³/mol. The van der Waals surface area contributed by atoms with Gasteiger partial charge in [0.05, 0.1) is 31.4 Å². The Bertz CT molecular complexity index is 836. The van der Waals surface area contributed by atoms with Crippen molar-refractivity contribution < 1.29 is 10.2 Å². The molecule has 0 aromatic heterocycles. The monoisotopic (exact) mass is 364 g/mol. The van der Waals surface area contributed by atoms with Gasteiger partial charge in [-0.05, 0) is 49.2 Å². The normalized spacial score (nSPS) is 16.1. The quantitative estimate of drug-likeness (QED) is 0.866. The van der Waals surface area contributed by atoms with Crippen molar-refractivity contribution in [3.8, 4) is 11.5 Å². The molecule has 2 N–H and O–H groups in total. The van der Waals surface area contributed by atoms with Gasteiger partial charge >= 0.3 is 0 Å². The fraction of sp³-hybridized carbons (Fsp3) is 0.238. The molecule has 4 rings (SSSR count). The Kier molecular flexibility index (Phi) is 4.32. The minimum absolute atomic E-state index is 0.286. The number of phenolic OH excluding ortho intramolecular Hbond substituents is 2. The van der Waals surface area contributed by atoms with Gasteiger partial charge in [0.15, 0.2) is 0 Å². The topological polar surface area (TPSA) is 53.4 Å². The van der Waals surface area contributed by atoms with E-state index in [1.165, 1.54) is 0 Å². The van der Waals surface area contributed by atoms with Crippen molar-refractivity contribution in [2.45, 2.75) is 13.8 Å². The molecule has 0 fully saturated rings. The lowest BCUT2D eigenvalue weighted by Crippen LogP contribution is -2.36. The van der Waals surface area contributed by atoms with Gasteiger partial charge in [-0.2, -0.15) is 0 Å². The Hall–Kier alpha value is -3.28. The Morgan fingerprint density at radius 1 is 0.704 bits per heavy atom. The zero-order valence-electron chi connectivity index (χ0n) is 15.6. The van der Waals surface area contributed by atoms with Crippen molar-refractivity contribution in [1.82, 2.24) is 9.80 Å². The van der Waals surface area contributed by atoms with Crippen LogP contribution in [-0.2, 0) is 0 Å².